The molecule has 9 aromatic rings. The molecule has 0 spiro atoms. The van der Waals surface area contributed by atoms with Gasteiger partial charge in [-0.05, 0) is 66.5 Å². The minimum atomic E-state index is 0.668. The molecule has 0 unspecified atom stereocenters. The van der Waals surface area contributed by atoms with E-state index in [0.717, 1.165) is 33.2 Å². The molecule has 9 rings (SSSR count). The Kier molecular flexibility index (Phi) is 5.30. The van der Waals surface area contributed by atoms with Crippen LogP contribution < -0.4 is 0 Å². The lowest BCUT2D eigenvalue weighted by atomic mass is 9.86. The molecule has 0 N–H and O–H groups in total. The van der Waals surface area contributed by atoms with Crippen molar-refractivity contribution in [2.45, 2.75) is 0 Å². The maximum absolute atomic E-state index is 9.16. The number of pyridine rings is 1. The molecule has 1 heterocycles. The Morgan fingerprint density at radius 3 is 1.43 bits per heavy atom. The van der Waals surface area contributed by atoms with E-state index in [-0.39, 0.29) is 0 Å². The summed E-state index contributed by atoms with van der Waals surface area (Å²) in [6.07, 6.45) is 2.10. The molecule has 0 amide bonds. The highest BCUT2D eigenvalue weighted by atomic mass is 14.7. The van der Waals surface area contributed by atoms with E-state index in [4.69, 9.17) is 10.2 Å². The van der Waals surface area contributed by atoms with Gasteiger partial charge in [-0.1, -0.05) is 127 Å². The molecule has 2 heteroatoms. The molecule has 202 valence electrons. The quantitative estimate of drug-likeness (QED) is 0.199. The third-order valence-corrected chi connectivity index (χ3v) is 9.11. The predicted octanol–water partition coefficient (Wildman–Crippen LogP) is 11.2. The van der Waals surface area contributed by atoms with Gasteiger partial charge in [0.05, 0.1) is 17.1 Å². The van der Waals surface area contributed by atoms with Crippen LogP contribution in [0.1, 0.15) is 5.56 Å². The monoisotopic (exact) mass is 556 g/mol. The smallest absolute Gasteiger partial charge is 0.0991 e. The summed E-state index contributed by atoms with van der Waals surface area (Å²) in [4.78, 5) is 5.20. The Bertz CT molecular complexity index is 2640. The minimum absolute atomic E-state index is 0.668. The van der Waals surface area contributed by atoms with Crippen molar-refractivity contribution in [1.29, 1.82) is 5.26 Å². The van der Waals surface area contributed by atoms with Crippen LogP contribution in [-0.4, -0.2) is 4.98 Å². The SMILES string of the molecule is N#Cc1ccc(-c2ccc(-c3cccc4c3ncc3c4c4ccccc4c4c5ccccc5c5ccccc5c34)cc2)cc1. The normalized spacial score (nSPS) is 11.6. The summed E-state index contributed by atoms with van der Waals surface area (Å²) in [5.41, 5.74) is 6.12. The third-order valence-electron chi connectivity index (χ3n) is 9.11. The number of nitrogens with zero attached hydrogens (tertiary/aromatic N) is 2. The molecule has 0 saturated heterocycles. The van der Waals surface area contributed by atoms with Gasteiger partial charge in [0.1, 0.15) is 0 Å². The van der Waals surface area contributed by atoms with Crippen LogP contribution in [0.15, 0.2) is 146 Å². The van der Waals surface area contributed by atoms with E-state index in [1.807, 2.05) is 24.3 Å². The molecule has 1 aromatic heterocycles. The summed E-state index contributed by atoms with van der Waals surface area (Å²) in [7, 11) is 0. The summed E-state index contributed by atoms with van der Waals surface area (Å²) in [5.74, 6) is 0. The van der Waals surface area contributed by atoms with Gasteiger partial charge in [0.2, 0.25) is 0 Å². The first-order valence-corrected chi connectivity index (χ1v) is 14.9. The number of hydrogen-bond donors (Lipinski definition) is 0. The molecule has 8 aromatic carbocycles. The van der Waals surface area contributed by atoms with Crippen LogP contribution in [-0.2, 0) is 0 Å². The van der Waals surface area contributed by atoms with Gasteiger partial charge in [0.25, 0.3) is 0 Å². The van der Waals surface area contributed by atoms with Crippen LogP contribution in [0.2, 0.25) is 0 Å². The van der Waals surface area contributed by atoms with Crippen molar-refractivity contribution in [1.82, 2.24) is 4.98 Å². The van der Waals surface area contributed by atoms with Gasteiger partial charge in [-0.15, -0.1) is 0 Å². The molecule has 0 radical (unpaired) electrons. The highest BCUT2D eigenvalue weighted by molar-refractivity contribution is 6.41. The highest BCUT2D eigenvalue weighted by Crippen LogP contribution is 2.45. The van der Waals surface area contributed by atoms with Crippen molar-refractivity contribution in [2.24, 2.45) is 0 Å². The first-order chi connectivity index (χ1) is 21.8. The molecule has 0 aliphatic heterocycles. The van der Waals surface area contributed by atoms with E-state index in [9.17, 15) is 0 Å². The Labute approximate surface area is 254 Å². The van der Waals surface area contributed by atoms with Crippen molar-refractivity contribution in [2.75, 3.05) is 0 Å². The van der Waals surface area contributed by atoms with Gasteiger partial charge < -0.3 is 0 Å². The fraction of sp³-hybridized carbons (Fsp3) is 0. The van der Waals surface area contributed by atoms with Crippen molar-refractivity contribution < 1.29 is 0 Å². The zero-order valence-electron chi connectivity index (χ0n) is 23.8. The second kappa shape index (κ2) is 9.49. The molecule has 0 saturated carbocycles. The van der Waals surface area contributed by atoms with Crippen LogP contribution in [0.25, 0.3) is 87.0 Å². The topological polar surface area (TPSA) is 36.7 Å². The zero-order valence-corrected chi connectivity index (χ0v) is 23.8. The lowest BCUT2D eigenvalue weighted by molar-refractivity contribution is 1.45. The van der Waals surface area contributed by atoms with Crippen LogP contribution in [0.4, 0.5) is 0 Å². The Hall–Kier alpha value is -6.04. The van der Waals surface area contributed by atoms with Gasteiger partial charge in [0, 0.05) is 33.3 Å². The van der Waals surface area contributed by atoms with Crippen LogP contribution in [0.3, 0.4) is 0 Å². The second-order valence-corrected chi connectivity index (χ2v) is 11.4. The first kappa shape index (κ1) is 24.5. The standard InChI is InChI=1S/C42H24N2/c43-24-26-16-18-27(19-17-26)28-20-22-29(23-21-28)30-14-7-15-37-39-35-12-5-6-13-36(35)40-33-10-3-1-8-31(33)32-9-2-4-11-34(32)41(40)38(39)25-44-42(30)37/h1-23,25H. The lowest BCUT2D eigenvalue weighted by Crippen LogP contribution is -1.92. The number of nitriles is 1. The van der Waals surface area contributed by atoms with Crippen LogP contribution >= 0.6 is 0 Å². The van der Waals surface area contributed by atoms with E-state index in [0.29, 0.717) is 5.56 Å². The molecule has 0 fully saturated rings. The van der Waals surface area contributed by atoms with Crippen LogP contribution in [0, 0.1) is 11.3 Å². The van der Waals surface area contributed by atoms with Crippen molar-refractivity contribution >= 4 is 64.8 Å². The third kappa shape index (κ3) is 3.51. The number of rotatable bonds is 2. The molecular formula is C42H24N2. The van der Waals surface area contributed by atoms with E-state index in [1.54, 1.807) is 0 Å². The Balaban J connectivity index is 1.35. The number of para-hydroxylation sites is 1. The van der Waals surface area contributed by atoms with E-state index >= 15 is 0 Å². The predicted molar refractivity (Wildman–Crippen MR) is 185 cm³/mol. The molecule has 44 heavy (non-hydrogen) atoms. The number of aromatic nitrogens is 1. The van der Waals surface area contributed by atoms with Crippen LogP contribution in [0.5, 0.6) is 0 Å². The van der Waals surface area contributed by atoms with Gasteiger partial charge in [-0.2, -0.15) is 5.26 Å². The summed E-state index contributed by atoms with van der Waals surface area (Å²) >= 11 is 0. The maximum Gasteiger partial charge on any atom is 0.0991 e. The summed E-state index contributed by atoms with van der Waals surface area (Å²) in [6.45, 7) is 0. The number of fused-ring (bicyclic) bond motifs is 13. The zero-order chi connectivity index (χ0) is 29.2. The first-order valence-electron chi connectivity index (χ1n) is 14.9. The fourth-order valence-corrected chi connectivity index (χ4v) is 7.14. The van der Waals surface area contributed by atoms with Gasteiger partial charge >= 0.3 is 0 Å². The summed E-state index contributed by atoms with van der Waals surface area (Å²) in [6, 6.07) is 51.5. The largest absolute Gasteiger partial charge is 0.255 e. The molecule has 0 atom stereocenters. The Morgan fingerprint density at radius 2 is 0.841 bits per heavy atom. The number of benzene rings is 8. The van der Waals surface area contributed by atoms with Crippen molar-refractivity contribution in [3.63, 3.8) is 0 Å². The van der Waals surface area contributed by atoms with Crippen molar-refractivity contribution in [3.05, 3.63) is 151 Å². The Morgan fingerprint density at radius 1 is 0.386 bits per heavy atom. The molecule has 0 aliphatic carbocycles. The average molecular weight is 557 g/mol. The van der Waals surface area contributed by atoms with E-state index < -0.39 is 0 Å². The minimum Gasteiger partial charge on any atom is -0.255 e. The second-order valence-electron chi connectivity index (χ2n) is 11.4. The molecular weight excluding hydrogens is 532 g/mol. The molecule has 0 aliphatic rings. The van der Waals surface area contributed by atoms with Gasteiger partial charge in [-0.3, -0.25) is 4.98 Å². The van der Waals surface area contributed by atoms with E-state index in [1.165, 1.54) is 53.9 Å². The molecule has 2 nitrogen and oxygen atoms in total. The number of hydrogen-bond acceptors (Lipinski definition) is 2. The fourth-order valence-electron chi connectivity index (χ4n) is 7.14. The maximum atomic E-state index is 9.16. The summed E-state index contributed by atoms with van der Waals surface area (Å²) < 4.78 is 0. The van der Waals surface area contributed by atoms with Crippen molar-refractivity contribution in [3.8, 4) is 28.3 Å². The summed E-state index contributed by atoms with van der Waals surface area (Å²) in [5, 5.41) is 22.9. The lowest BCUT2D eigenvalue weighted by Gasteiger charge is -2.18. The van der Waals surface area contributed by atoms with E-state index in [2.05, 4.69) is 128 Å². The van der Waals surface area contributed by atoms with Gasteiger partial charge in [-0.25, -0.2) is 0 Å². The molecule has 0 bridgehead atoms. The highest BCUT2D eigenvalue weighted by Gasteiger charge is 2.18. The van der Waals surface area contributed by atoms with Gasteiger partial charge in [0.15, 0.2) is 0 Å². The average Bonchev–Trinajstić information content (AvgIpc) is 3.11.